The maximum Gasteiger partial charge on any atom is 0.264 e. The summed E-state index contributed by atoms with van der Waals surface area (Å²) in [6.45, 7) is 7.94. The van der Waals surface area contributed by atoms with E-state index in [0.717, 1.165) is 41.7 Å². The summed E-state index contributed by atoms with van der Waals surface area (Å²) in [5, 5.41) is 3.41. The average Bonchev–Trinajstić information content (AvgIpc) is 2.66. The van der Waals surface area contributed by atoms with Gasteiger partial charge in [0.2, 0.25) is 0 Å². The first-order valence-corrected chi connectivity index (χ1v) is 9.59. The van der Waals surface area contributed by atoms with Gasteiger partial charge in [-0.25, -0.2) is 4.98 Å². The van der Waals surface area contributed by atoms with Crippen molar-refractivity contribution in [3.8, 4) is 5.75 Å². The number of morpholine rings is 1. The molecule has 0 radical (unpaired) electrons. The molecular formula is C21H26N4O3. The largest absolute Gasteiger partial charge is 0.481 e. The fourth-order valence-electron chi connectivity index (χ4n) is 3.73. The quantitative estimate of drug-likeness (QED) is 0.880. The highest BCUT2D eigenvalue weighted by Gasteiger charge is 2.24. The molecule has 1 N–H and O–H groups in total. The summed E-state index contributed by atoms with van der Waals surface area (Å²) in [4.78, 5) is 20.4. The predicted octanol–water partition coefficient (Wildman–Crippen LogP) is 3.10. The number of hydrogen-bond donors (Lipinski definition) is 1. The molecule has 28 heavy (non-hydrogen) atoms. The van der Waals surface area contributed by atoms with Crippen molar-refractivity contribution in [1.82, 2.24) is 4.98 Å². The number of fused-ring (bicyclic) bond motifs is 1. The van der Waals surface area contributed by atoms with Crippen molar-refractivity contribution in [2.24, 2.45) is 0 Å². The van der Waals surface area contributed by atoms with Crippen LogP contribution >= 0.6 is 0 Å². The number of aryl methyl sites for hydroxylation is 1. The molecule has 2 aliphatic rings. The van der Waals surface area contributed by atoms with Crippen LogP contribution in [-0.2, 0) is 9.53 Å². The Morgan fingerprint density at radius 3 is 2.61 bits per heavy atom. The third kappa shape index (κ3) is 3.62. The number of carbonyl (C=O) groups is 1. The molecular weight excluding hydrogens is 356 g/mol. The summed E-state index contributed by atoms with van der Waals surface area (Å²) in [5.74, 6) is 1.63. The zero-order chi connectivity index (χ0) is 19.8. The van der Waals surface area contributed by atoms with Gasteiger partial charge in [0.05, 0.1) is 29.3 Å². The molecule has 2 aromatic rings. The van der Waals surface area contributed by atoms with E-state index in [1.165, 1.54) is 0 Å². The predicted molar refractivity (Wildman–Crippen MR) is 110 cm³/mol. The Balaban J connectivity index is 1.52. The van der Waals surface area contributed by atoms with E-state index >= 15 is 0 Å². The molecule has 1 saturated heterocycles. The van der Waals surface area contributed by atoms with Crippen molar-refractivity contribution in [3.63, 3.8) is 0 Å². The van der Waals surface area contributed by atoms with Gasteiger partial charge in [-0.2, -0.15) is 0 Å². The van der Waals surface area contributed by atoms with Gasteiger partial charge < -0.3 is 24.6 Å². The topological polar surface area (TPSA) is 66.9 Å². The van der Waals surface area contributed by atoms with Gasteiger partial charge in [0, 0.05) is 31.9 Å². The van der Waals surface area contributed by atoms with Crippen LogP contribution in [0.25, 0.3) is 0 Å². The van der Waals surface area contributed by atoms with Crippen LogP contribution in [0.4, 0.5) is 22.9 Å². The lowest BCUT2D eigenvalue weighted by Gasteiger charge is -2.36. The zero-order valence-corrected chi connectivity index (χ0v) is 16.7. The standard InChI is InChI=1S/C21H26N4O3/c1-13-10-25(11-14(2)28-13)20-8-6-17(15(3)22-20)23-16-5-7-18-19(9-16)27-12-21(26)24(18)4/h5-9,13-14,23H,10-12H2,1-4H3. The minimum Gasteiger partial charge on any atom is -0.481 e. The second-order valence-corrected chi connectivity index (χ2v) is 7.51. The third-order valence-corrected chi connectivity index (χ3v) is 5.14. The minimum absolute atomic E-state index is 0.0457. The number of nitrogens with zero attached hydrogens (tertiary/aromatic N) is 3. The van der Waals surface area contributed by atoms with Crippen molar-refractivity contribution in [3.05, 3.63) is 36.0 Å². The number of benzene rings is 1. The molecule has 148 valence electrons. The van der Waals surface area contributed by atoms with E-state index in [2.05, 4.69) is 30.1 Å². The number of nitrogens with one attached hydrogen (secondary N) is 1. The number of likely N-dealkylation sites (N-methyl/N-ethyl adjacent to an activating group) is 1. The smallest absolute Gasteiger partial charge is 0.264 e. The molecule has 2 aliphatic heterocycles. The Morgan fingerprint density at radius 2 is 1.89 bits per heavy atom. The fraction of sp³-hybridized carbons (Fsp3) is 0.429. The van der Waals surface area contributed by atoms with Crippen LogP contribution in [0.15, 0.2) is 30.3 Å². The molecule has 7 heteroatoms. The van der Waals surface area contributed by atoms with E-state index in [1.54, 1.807) is 11.9 Å². The number of aromatic nitrogens is 1. The molecule has 1 aromatic carbocycles. The minimum atomic E-state index is -0.0457. The molecule has 7 nitrogen and oxygen atoms in total. The van der Waals surface area contributed by atoms with Crippen LogP contribution in [0.2, 0.25) is 0 Å². The fourth-order valence-corrected chi connectivity index (χ4v) is 3.73. The highest BCUT2D eigenvalue weighted by molar-refractivity contribution is 5.97. The highest BCUT2D eigenvalue weighted by Crippen LogP contribution is 2.35. The molecule has 4 rings (SSSR count). The Morgan fingerprint density at radius 1 is 1.14 bits per heavy atom. The molecule has 2 unspecified atom stereocenters. The van der Waals surface area contributed by atoms with E-state index in [9.17, 15) is 4.79 Å². The number of pyridine rings is 1. The maximum atomic E-state index is 11.7. The first-order valence-electron chi connectivity index (χ1n) is 9.59. The van der Waals surface area contributed by atoms with E-state index in [0.29, 0.717) is 5.75 Å². The number of ether oxygens (including phenoxy) is 2. The first kappa shape index (κ1) is 18.6. The van der Waals surface area contributed by atoms with Gasteiger partial charge in [-0.05, 0) is 45.0 Å². The van der Waals surface area contributed by atoms with Gasteiger partial charge >= 0.3 is 0 Å². The lowest BCUT2D eigenvalue weighted by atomic mass is 10.2. The highest BCUT2D eigenvalue weighted by atomic mass is 16.5. The molecule has 3 heterocycles. The number of carbonyl (C=O) groups excluding carboxylic acids is 1. The van der Waals surface area contributed by atoms with Gasteiger partial charge in [-0.15, -0.1) is 0 Å². The van der Waals surface area contributed by atoms with Gasteiger partial charge in [-0.3, -0.25) is 4.79 Å². The molecule has 0 saturated carbocycles. The molecule has 1 fully saturated rings. The van der Waals surface area contributed by atoms with Crippen molar-refractivity contribution in [1.29, 1.82) is 0 Å². The van der Waals surface area contributed by atoms with Crippen molar-refractivity contribution in [2.45, 2.75) is 33.0 Å². The Bertz CT molecular complexity index is 891. The summed E-state index contributed by atoms with van der Waals surface area (Å²) in [7, 11) is 1.76. The molecule has 0 bridgehead atoms. The van der Waals surface area contributed by atoms with Crippen LogP contribution < -0.4 is 19.9 Å². The third-order valence-electron chi connectivity index (χ3n) is 5.14. The van der Waals surface area contributed by atoms with Crippen molar-refractivity contribution in [2.75, 3.05) is 41.9 Å². The summed E-state index contributed by atoms with van der Waals surface area (Å²) in [6.07, 6.45) is 0.397. The van der Waals surface area contributed by atoms with E-state index in [4.69, 9.17) is 14.5 Å². The summed E-state index contributed by atoms with van der Waals surface area (Å²) >= 11 is 0. The van der Waals surface area contributed by atoms with E-state index in [1.807, 2.05) is 31.2 Å². The summed E-state index contributed by atoms with van der Waals surface area (Å²) in [6, 6.07) is 9.84. The second-order valence-electron chi connectivity index (χ2n) is 7.51. The number of anilines is 4. The van der Waals surface area contributed by atoms with Crippen LogP contribution in [0.1, 0.15) is 19.5 Å². The molecule has 0 spiro atoms. The van der Waals surface area contributed by atoms with Gasteiger partial charge in [0.1, 0.15) is 11.6 Å². The van der Waals surface area contributed by atoms with Crippen LogP contribution in [-0.4, -0.2) is 49.8 Å². The Hall–Kier alpha value is -2.80. The lowest BCUT2D eigenvalue weighted by Crippen LogP contribution is -2.45. The lowest BCUT2D eigenvalue weighted by molar-refractivity contribution is -0.120. The van der Waals surface area contributed by atoms with Gasteiger partial charge in [-0.1, -0.05) is 0 Å². The number of rotatable bonds is 3. The summed E-state index contributed by atoms with van der Waals surface area (Å²) in [5.41, 5.74) is 3.55. The van der Waals surface area contributed by atoms with E-state index in [-0.39, 0.29) is 24.7 Å². The molecule has 1 amide bonds. The van der Waals surface area contributed by atoms with Crippen LogP contribution in [0.5, 0.6) is 5.75 Å². The summed E-state index contributed by atoms with van der Waals surface area (Å²) < 4.78 is 11.4. The molecule has 1 aromatic heterocycles. The molecule has 0 aliphatic carbocycles. The van der Waals surface area contributed by atoms with Crippen LogP contribution in [0.3, 0.4) is 0 Å². The normalized spacial score (nSPS) is 21.9. The zero-order valence-electron chi connectivity index (χ0n) is 16.7. The average molecular weight is 382 g/mol. The van der Waals surface area contributed by atoms with E-state index < -0.39 is 0 Å². The maximum absolute atomic E-state index is 11.7. The Kier molecular flexibility index (Phi) is 4.85. The van der Waals surface area contributed by atoms with Crippen molar-refractivity contribution >= 4 is 28.8 Å². The van der Waals surface area contributed by atoms with Gasteiger partial charge in [0.25, 0.3) is 5.91 Å². The Labute approximate surface area is 165 Å². The van der Waals surface area contributed by atoms with Crippen molar-refractivity contribution < 1.29 is 14.3 Å². The number of amides is 1. The first-order chi connectivity index (χ1) is 13.4. The monoisotopic (exact) mass is 382 g/mol. The van der Waals surface area contributed by atoms with Crippen LogP contribution in [0, 0.1) is 6.92 Å². The SMILES string of the molecule is Cc1nc(N2CC(C)OC(C)C2)ccc1Nc1ccc2c(c1)OCC(=O)N2C. The van der Waals surface area contributed by atoms with Gasteiger partial charge in [0.15, 0.2) is 6.61 Å². The molecule has 2 atom stereocenters. The number of hydrogen-bond acceptors (Lipinski definition) is 6. The second kappa shape index (κ2) is 7.31.